The van der Waals surface area contributed by atoms with Crippen LogP contribution >= 0.6 is 0 Å². The van der Waals surface area contributed by atoms with Gasteiger partial charge in [0.1, 0.15) is 6.04 Å². The molecule has 0 fully saturated rings. The Kier molecular flexibility index (Phi) is 15.8. The third-order valence-electron chi connectivity index (χ3n) is 7.83. The van der Waals surface area contributed by atoms with Crippen LogP contribution in [0.25, 0.3) is 0 Å². The first-order valence-corrected chi connectivity index (χ1v) is 16.5. The Morgan fingerprint density at radius 1 is 0.778 bits per heavy atom. The van der Waals surface area contributed by atoms with Gasteiger partial charge in [0.2, 0.25) is 11.8 Å². The molecule has 0 aliphatic carbocycles. The maximum Gasteiger partial charge on any atom is 0.253 e. The predicted octanol–water partition coefficient (Wildman–Crippen LogP) is 4.90. The lowest BCUT2D eigenvalue weighted by Gasteiger charge is -2.29. The fourth-order valence-electron chi connectivity index (χ4n) is 5.34. The zero-order chi connectivity index (χ0) is 33.5. The van der Waals surface area contributed by atoms with Gasteiger partial charge in [-0.15, -0.1) is 0 Å². The highest BCUT2D eigenvalue weighted by molar-refractivity contribution is 5.99. The van der Waals surface area contributed by atoms with Crippen LogP contribution in [0.15, 0.2) is 54.6 Å². The van der Waals surface area contributed by atoms with Crippen molar-refractivity contribution in [2.45, 2.75) is 98.8 Å². The molecule has 4 atom stereocenters. The van der Waals surface area contributed by atoms with E-state index in [2.05, 4.69) is 29.8 Å². The van der Waals surface area contributed by atoms with E-state index in [0.29, 0.717) is 43.6 Å². The van der Waals surface area contributed by atoms with Crippen molar-refractivity contribution in [3.05, 3.63) is 71.3 Å². The highest BCUT2D eigenvalue weighted by Crippen LogP contribution is 2.17. The van der Waals surface area contributed by atoms with Gasteiger partial charge >= 0.3 is 0 Å². The topological polar surface area (TPSA) is 134 Å². The van der Waals surface area contributed by atoms with Crippen molar-refractivity contribution in [2.75, 3.05) is 13.1 Å². The smallest absolute Gasteiger partial charge is 0.253 e. The molecule has 9 heteroatoms. The molecule has 5 N–H and O–H groups in total. The van der Waals surface area contributed by atoms with Crippen LogP contribution < -0.4 is 21.7 Å². The van der Waals surface area contributed by atoms with Crippen LogP contribution in [0.2, 0.25) is 0 Å². The van der Waals surface area contributed by atoms with Gasteiger partial charge in [-0.2, -0.15) is 0 Å². The number of amides is 4. The minimum Gasteiger partial charge on any atom is -0.350 e. The molecule has 2 rings (SSSR count). The number of nitrogens with two attached hydrogens (primary N) is 1. The summed E-state index contributed by atoms with van der Waals surface area (Å²) in [6.07, 6.45) is 2.66. The average Bonchev–Trinajstić information content (AvgIpc) is 3.01. The molecule has 2 aromatic rings. The van der Waals surface area contributed by atoms with Crippen molar-refractivity contribution in [2.24, 2.45) is 23.5 Å². The van der Waals surface area contributed by atoms with Gasteiger partial charge in [-0.1, -0.05) is 84.9 Å². The van der Waals surface area contributed by atoms with E-state index >= 15 is 0 Å². The van der Waals surface area contributed by atoms with Crippen LogP contribution in [0, 0.1) is 17.8 Å². The first kappa shape index (κ1) is 37.5. The maximum atomic E-state index is 13.4. The van der Waals surface area contributed by atoms with E-state index < -0.39 is 18.0 Å². The second kappa shape index (κ2) is 18.9. The highest BCUT2D eigenvalue weighted by atomic mass is 16.2. The average molecular weight is 622 g/mol. The molecule has 0 aliphatic heterocycles. The number of nitrogens with zero attached hydrogens (tertiary/aromatic N) is 1. The molecular formula is C36H55N5O4. The standard InChI is InChI=1S/C36H55N5O4/c1-8-18-41(19-9-2)36(45)29-17-13-16-28(22-29)34(43)39-31(20-24(3)4)30(37)21-26(7)33(42)40-32(25(5)6)35(44)38-23-27-14-11-10-12-15-27/h10-17,22,24-26,30-32H,8-9,18-21,23,37H2,1-7H3,(H,38,44)(H,39,43)(H,40,42)/t26-,30+,31+,32+/m1/s1. The zero-order valence-corrected chi connectivity index (χ0v) is 28.3. The zero-order valence-electron chi connectivity index (χ0n) is 28.3. The molecule has 0 spiro atoms. The summed E-state index contributed by atoms with van der Waals surface area (Å²) in [6.45, 7) is 15.5. The quantitative estimate of drug-likeness (QED) is 0.188. The van der Waals surface area contributed by atoms with Gasteiger partial charge in [0.15, 0.2) is 0 Å². The van der Waals surface area contributed by atoms with E-state index in [1.807, 2.05) is 62.9 Å². The minimum atomic E-state index is -0.688. The third kappa shape index (κ3) is 12.3. The number of benzene rings is 2. The summed E-state index contributed by atoms with van der Waals surface area (Å²) >= 11 is 0. The maximum absolute atomic E-state index is 13.4. The molecular weight excluding hydrogens is 566 g/mol. The van der Waals surface area contributed by atoms with E-state index in [-0.39, 0.29) is 41.5 Å². The van der Waals surface area contributed by atoms with E-state index in [1.54, 1.807) is 31.2 Å². The molecule has 0 saturated heterocycles. The van der Waals surface area contributed by atoms with Gasteiger partial charge < -0.3 is 26.6 Å². The molecule has 0 heterocycles. The summed E-state index contributed by atoms with van der Waals surface area (Å²) in [4.78, 5) is 54.6. The first-order chi connectivity index (χ1) is 21.4. The molecule has 0 bridgehead atoms. The van der Waals surface area contributed by atoms with Crippen molar-refractivity contribution in [3.63, 3.8) is 0 Å². The van der Waals surface area contributed by atoms with E-state index in [1.165, 1.54) is 0 Å². The van der Waals surface area contributed by atoms with Gasteiger partial charge in [0.05, 0.1) is 0 Å². The lowest BCUT2D eigenvalue weighted by Crippen LogP contribution is -2.53. The molecule has 9 nitrogen and oxygen atoms in total. The molecule has 45 heavy (non-hydrogen) atoms. The van der Waals surface area contributed by atoms with Gasteiger partial charge in [0.25, 0.3) is 11.8 Å². The van der Waals surface area contributed by atoms with Crippen LogP contribution in [0.3, 0.4) is 0 Å². The molecule has 0 saturated carbocycles. The van der Waals surface area contributed by atoms with Crippen LogP contribution in [0.5, 0.6) is 0 Å². The lowest BCUT2D eigenvalue weighted by atomic mass is 9.90. The third-order valence-corrected chi connectivity index (χ3v) is 7.83. The molecule has 2 aromatic carbocycles. The van der Waals surface area contributed by atoms with Gasteiger partial charge in [0, 0.05) is 48.8 Å². The number of hydrogen-bond acceptors (Lipinski definition) is 5. The van der Waals surface area contributed by atoms with Gasteiger partial charge in [-0.25, -0.2) is 0 Å². The van der Waals surface area contributed by atoms with Crippen LogP contribution in [-0.4, -0.2) is 59.7 Å². The van der Waals surface area contributed by atoms with E-state index in [4.69, 9.17) is 5.73 Å². The summed E-state index contributed by atoms with van der Waals surface area (Å²) in [5.41, 5.74) is 8.49. The van der Waals surface area contributed by atoms with E-state index in [0.717, 1.165) is 18.4 Å². The summed E-state index contributed by atoms with van der Waals surface area (Å²) in [5, 5.41) is 8.92. The van der Waals surface area contributed by atoms with Crippen molar-refractivity contribution in [3.8, 4) is 0 Å². The number of hydrogen-bond donors (Lipinski definition) is 4. The Hall–Kier alpha value is -3.72. The number of rotatable bonds is 18. The summed E-state index contributed by atoms with van der Waals surface area (Å²) in [6, 6.07) is 14.8. The van der Waals surface area contributed by atoms with E-state index in [9.17, 15) is 19.2 Å². The Balaban J connectivity index is 2.07. The fourth-order valence-corrected chi connectivity index (χ4v) is 5.34. The molecule has 0 unspecified atom stereocenters. The molecule has 248 valence electrons. The summed E-state index contributed by atoms with van der Waals surface area (Å²) in [5.74, 6) is -1.25. The van der Waals surface area contributed by atoms with Crippen LogP contribution in [0.1, 0.15) is 100 Å². The summed E-state index contributed by atoms with van der Waals surface area (Å²) < 4.78 is 0. The molecule has 0 aromatic heterocycles. The highest BCUT2D eigenvalue weighted by Gasteiger charge is 2.29. The fraction of sp³-hybridized carbons (Fsp3) is 0.556. The summed E-state index contributed by atoms with van der Waals surface area (Å²) in [7, 11) is 0. The predicted molar refractivity (Wildman–Crippen MR) is 180 cm³/mol. The Morgan fingerprint density at radius 3 is 1.98 bits per heavy atom. The van der Waals surface area contributed by atoms with Crippen LogP contribution in [0.4, 0.5) is 0 Å². The Labute approximate surface area is 270 Å². The van der Waals surface area contributed by atoms with Crippen LogP contribution in [-0.2, 0) is 16.1 Å². The van der Waals surface area contributed by atoms with Crippen molar-refractivity contribution >= 4 is 23.6 Å². The monoisotopic (exact) mass is 621 g/mol. The minimum absolute atomic E-state index is 0.0860. The second-order valence-corrected chi connectivity index (χ2v) is 12.8. The van der Waals surface area contributed by atoms with Gasteiger partial charge in [-0.3, -0.25) is 19.2 Å². The Bertz CT molecular complexity index is 1230. The molecule has 0 aliphatic rings. The number of carbonyl (C=O) groups is 4. The molecule has 4 amide bonds. The van der Waals surface area contributed by atoms with Crippen molar-refractivity contribution in [1.82, 2.24) is 20.9 Å². The number of carbonyl (C=O) groups excluding carboxylic acids is 4. The van der Waals surface area contributed by atoms with Crippen molar-refractivity contribution < 1.29 is 19.2 Å². The van der Waals surface area contributed by atoms with Gasteiger partial charge in [-0.05, 0) is 61.3 Å². The second-order valence-electron chi connectivity index (χ2n) is 12.8. The lowest BCUT2D eigenvalue weighted by molar-refractivity contribution is -0.132. The molecule has 0 radical (unpaired) electrons. The van der Waals surface area contributed by atoms with Crippen molar-refractivity contribution in [1.29, 1.82) is 0 Å². The largest absolute Gasteiger partial charge is 0.350 e. The Morgan fingerprint density at radius 2 is 1.40 bits per heavy atom. The SMILES string of the molecule is CCCN(CCC)C(=O)c1cccc(C(=O)N[C@@H](CC(C)C)[C@@H](N)C[C@@H](C)C(=O)N[C@H](C(=O)NCc2ccccc2)C(C)C)c1. The normalized spacial score (nSPS) is 13.9. The number of nitrogens with one attached hydrogen (secondary N) is 3. The first-order valence-electron chi connectivity index (χ1n) is 16.5.